The molecular formula is C12H14ClN3O4. The Labute approximate surface area is 120 Å². The average Bonchev–Trinajstić information content (AvgIpc) is 2.65. The van der Waals surface area contributed by atoms with Gasteiger partial charge >= 0.3 is 5.97 Å². The average molecular weight is 300 g/mol. The first-order valence-electron chi connectivity index (χ1n) is 6.33. The Bertz CT molecular complexity index is 540. The summed E-state index contributed by atoms with van der Waals surface area (Å²) in [6, 6.07) is 0.168. The van der Waals surface area contributed by atoms with Crippen LogP contribution in [0.5, 0.6) is 5.75 Å². The second-order valence-corrected chi connectivity index (χ2v) is 4.88. The van der Waals surface area contributed by atoms with E-state index in [9.17, 15) is 4.79 Å². The first-order chi connectivity index (χ1) is 9.70. The van der Waals surface area contributed by atoms with E-state index >= 15 is 0 Å². The summed E-state index contributed by atoms with van der Waals surface area (Å²) in [7, 11) is 1.29. The zero-order chi connectivity index (χ0) is 14.1. The Balaban J connectivity index is 2.10. The highest BCUT2D eigenvalue weighted by Gasteiger charge is 2.33. The van der Waals surface area contributed by atoms with E-state index in [0.29, 0.717) is 37.9 Å². The minimum Gasteiger partial charge on any atom is -0.487 e. The fraction of sp³-hybridized carbons (Fsp3) is 0.583. The number of aromatic nitrogens is 2. The molecule has 108 valence electrons. The molecule has 0 radical (unpaired) electrons. The van der Waals surface area contributed by atoms with Crippen LogP contribution < -0.4 is 9.64 Å². The first-order valence-corrected chi connectivity index (χ1v) is 6.71. The summed E-state index contributed by atoms with van der Waals surface area (Å²) in [5.74, 6) is 0.291. The number of halogens is 1. The molecule has 2 aliphatic rings. The lowest BCUT2D eigenvalue weighted by Gasteiger charge is -2.34. The Morgan fingerprint density at radius 3 is 3.10 bits per heavy atom. The van der Waals surface area contributed by atoms with E-state index in [4.69, 9.17) is 25.8 Å². The largest absolute Gasteiger partial charge is 0.487 e. The molecule has 1 atom stereocenters. The third-order valence-corrected chi connectivity index (χ3v) is 3.57. The van der Waals surface area contributed by atoms with Crippen LogP contribution in [0.15, 0.2) is 0 Å². The predicted molar refractivity (Wildman–Crippen MR) is 70.4 cm³/mol. The second-order valence-electron chi connectivity index (χ2n) is 4.54. The number of nitrogens with zero attached hydrogens (tertiary/aromatic N) is 3. The molecule has 0 aromatic carbocycles. The molecule has 20 heavy (non-hydrogen) atoms. The Hall–Kier alpha value is -1.60. The van der Waals surface area contributed by atoms with Gasteiger partial charge in [0.05, 0.1) is 33.0 Å². The van der Waals surface area contributed by atoms with Gasteiger partial charge in [-0.15, -0.1) is 0 Å². The number of methoxy groups -OCH3 is 1. The number of morpholine rings is 1. The lowest BCUT2D eigenvalue weighted by molar-refractivity contribution is 0.0588. The minimum absolute atomic E-state index is 0.000100. The smallest absolute Gasteiger partial charge is 0.360 e. The number of rotatable bonds is 1. The summed E-state index contributed by atoms with van der Waals surface area (Å²) in [4.78, 5) is 22.0. The summed E-state index contributed by atoms with van der Waals surface area (Å²) < 4.78 is 15.9. The number of hydrogen-bond acceptors (Lipinski definition) is 7. The van der Waals surface area contributed by atoms with Crippen molar-refractivity contribution in [1.29, 1.82) is 0 Å². The monoisotopic (exact) mass is 299 g/mol. The number of anilines is 1. The molecule has 0 aliphatic carbocycles. The van der Waals surface area contributed by atoms with Gasteiger partial charge in [-0.3, -0.25) is 0 Å². The van der Waals surface area contributed by atoms with Gasteiger partial charge in [-0.1, -0.05) is 0 Å². The first kappa shape index (κ1) is 13.4. The maximum Gasteiger partial charge on any atom is 0.360 e. The van der Waals surface area contributed by atoms with Gasteiger partial charge in [0.25, 0.3) is 0 Å². The van der Waals surface area contributed by atoms with Gasteiger partial charge in [-0.2, -0.15) is 4.98 Å². The number of carbonyl (C=O) groups excluding carboxylic acids is 1. The number of hydrogen-bond donors (Lipinski definition) is 0. The van der Waals surface area contributed by atoms with E-state index in [0.717, 1.165) is 6.42 Å². The zero-order valence-electron chi connectivity index (χ0n) is 11.0. The Kier molecular flexibility index (Phi) is 3.62. The van der Waals surface area contributed by atoms with Gasteiger partial charge in [-0.05, 0) is 11.6 Å². The summed E-state index contributed by atoms with van der Waals surface area (Å²) in [5, 5.41) is -0.000100. The van der Waals surface area contributed by atoms with Gasteiger partial charge < -0.3 is 19.1 Å². The van der Waals surface area contributed by atoms with E-state index < -0.39 is 5.97 Å². The molecule has 1 fully saturated rings. The van der Waals surface area contributed by atoms with Crippen LogP contribution in [0.25, 0.3) is 0 Å². The van der Waals surface area contributed by atoms with E-state index in [2.05, 4.69) is 14.9 Å². The number of ether oxygens (including phenoxy) is 3. The molecule has 8 heteroatoms. The van der Waals surface area contributed by atoms with E-state index in [-0.39, 0.29) is 17.0 Å². The van der Waals surface area contributed by atoms with Gasteiger partial charge in [0, 0.05) is 13.0 Å². The van der Waals surface area contributed by atoms with Gasteiger partial charge in [0.1, 0.15) is 0 Å². The third kappa shape index (κ3) is 2.27. The topological polar surface area (TPSA) is 73.8 Å². The third-order valence-electron chi connectivity index (χ3n) is 3.40. The predicted octanol–water partition coefficient (Wildman–Crippen LogP) is 0.904. The molecule has 0 unspecified atom stereocenters. The zero-order valence-corrected chi connectivity index (χ0v) is 11.7. The van der Waals surface area contributed by atoms with Crippen LogP contribution in [0.3, 0.4) is 0 Å². The lowest BCUT2D eigenvalue weighted by atomic mass is 10.1. The van der Waals surface area contributed by atoms with Gasteiger partial charge in [0.15, 0.2) is 17.3 Å². The Morgan fingerprint density at radius 2 is 2.30 bits per heavy atom. The van der Waals surface area contributed by atoms with Crippen LogP contribution in [-0.2, 0) is 9.47 Å². The molecule has 7 nitrogen and oxygen atoms in total. The normalized spacial score (nSPS) is 21.3. The molecule has 3 rings (SSSR count). The van der Waals surface area contributed by atoms with E-state index in [1.54, 1.807) is 0 Å². The molecule has 0 spiro atoms. The summed E-state index contributed by atoms with van der Waals surface area (Å²) in [6.07, 6.45) is 0.786. The van der Waals surface area contributed by atoms with Crippen molar-refractivity contribution in [1.82, 2.24) is 9.97 Å². The fourth-order valence-corrected chi connectivity index (χ4v) is 2.61. The number of fused-ring (bicyclic) bond motifs is 3. The van der Waals surface area contributed by atoms with Crippen LogP contribution >= 0.6 is 11.6 Å². The van der Waals surface area contributed by atoms with Crippen LogP contribution in [0.2, 0.25) is 5.28 Å². The van der Waals surface area contributed by atoms with Crippen molar-refractivity contribution in [2.45, 2.75) is 12.5 Å². The van der Waals surface area contributed by atoms with Crippen LogP contribution in [-0.4, -0.2) is 55.5 Å². The molecule has 0 N–H and O–H groups in total. The van der Waals surface area contributed by atoms with E-state index in [1.165, 1.54) is 7.11 Å². The number of esters is 1. The van der Waals surface area contributed by atoms with Crippen molar-refractivity contribution < 1.29 is 19.0 Å². The standard InChI is InChI=1S/C12H14ClN3O4/c1-18-11(17)8-9-10(15-12(13)14-8)16-3-5-19-6-7(16)2-4-20-9/h7H,2-6H2,1H3/t7-/m1/s1. The van der Waals surface area contributed by atoms with Crippen molar-refractivity contribution in [3.63, 3.8) is 0 Å². The molecule has 1 aromatic rings. The van der Waals surface area contributed by atoms with Crippen molar-refractivity contribution in [3.05, 3.63) is 11.0 Å². The highest BCUT2D eigenvalue weighted by atomic mass is 35.5. The van der Waals surface area contributed by atoms with Gasteiger partial charge in [-0.25, -0.2) is 9.78 Å². The second kappa shape index (κ2) is 5.41. The van der Waals surface area contributed by atoms with Crippen LogP contribution in [0.4, 0.5) is 5.82 Å². The SMILES string of the molecule is COC(=O)c1nc(Cl)nc2c1OCC[C@@H]1COCCN21. The Morgan fingerprint density at radius 1 is 1.45 bits per heavy atom. The highest BCUT2D eigenvalue weighted by Crippen LogP contribution is 2.36. The maximum absolute atomic E-state index is 11.8. The summed E-state index contributed by atoms with van der Waals surface area (Å²) in [6.45, 7) is 2.35. The summed E-state index contributed by atoms with van der Waals surface area (Å²) in [5.41, 5.74) is 0.0645. The minimum atomic E-state index is -0.586. The van der Waals surface area contributed by atoms with Crippen LogP contribution in [0.1, 0.15) is 16.9 Å². The van der Waals surface area contributed by atoms with Crippen molar-refractivity contribution >= 4 is 23.4 Å². The lowest BCUT2D eigenvalue weighted by Crippen LogP contribution is -2.45. The number of carbonyl (C=O) groups is 1. The molecule has 1 aromatic heterocycles. The molecular weight excluding hydrogens is 286 g/mol. The van der Waals surface area contributed by atoms with Gasteiger partial charge in [0.2, 0.25) is 5.28 Å². The van der Waals surface area contributed by atoms with Crippen molar-refractivity contribution in [2.24, 2.45) is 0 Å². The molecule has 0 bridgehead atoms. The van der Waals surface area contributed by atoms with Crippen LogP contribution in [0, 0.1) is 0 Å². The highest BCUT2D eigenvalue weighted by molar-refractivity contribution is 6.28. The molecule has 3 heterocycles. The molecule has 2 aliphatic heterocycles. The van der Waals surface area contributed by atoms with E-state index in [1.807, 2.05) is 0 Å². The molecule has 0 amide bonds. The summed E-state index contributed by atoms with van der Waals surface area (Å²) >= 11 is 5.92. The molecule has 0 saturated carbocycles. The quantitative estimate of drug-likeness (QED) is 0.563. The van der Waals surface area contributed by atoms with Crippen molar-refractivity contribution in [2.75, 3.05) is 38.4 Å². The maximum atomic E-state index is 11.8. The molecule has 1 saturated heterocycles. The van der Waals surface area contributed by atoms with Crippen molar-refractivity contribution in [3.8, 4) is 5.75 Å². The fourth-order valence-electron chi connectivity index (χ4n) is 2.44.